The molecule has 0 spiro atoms. The lowest BCUT2D eigenvalue weighted by Gasteiger charge is -2.33. The first-order chi connectivity index (χ1) is 12.9. The lowest BCUT2D eigenvalue weighted by atomic mass is 9.87. The lowest BCUT2D eigenvalue weighted by Crippen LogP contribution is -2.61. The van der Waals surface area contributed by atoms with Gasteiger partial charge in [0.25, 0.3) is 0 Å². The zero-order valence-electron chi connectivity index (χ0n) is 15.2. The summed E-state index contributed by atoms with van der Waals surface area (Å²) in [5, 5.41) is 0. The third-order valence-electron chi connectivity index (χ3n) is 5.37. The summed E-state index contributed by atoms with van der Waals surface area (Å²) in [6.07, 6.45) is 0.908. The molecular formula is C20H24FNO5. The van der Waals surface area contributed by atoms with Crippen LogP contribution in [0.2, 0.25) is 0 Å². The SMILES string of the molecule is C=CCO[C@@H]1C[C@@H]2[C@H]([C@]1(N)C(=O)OCc1ccccc1)[C@@]2(F)C(=O)OCC. The summed E-state index contributed by atoms with van der Waals surface area (Å²) in [6.45, 7) is 5.38. The van der Waals surface area contributed by atoms with Crippen molar-refractivity contribution >= 4 is 11.9 Å². The minimum Gasteiger partial charge on any atom is -0.464 e. The first-order valence-electron chi connectivity index (χ1n) is 8.99. The van der Waals surface area contributed by atoms with Crippen molar-refractivity contribution in [3.05, 3.63) is 48.6 Å². The standard InChI is InChI=1S/C20H24FNO5/c1-3-10-26-15-11-14-16(19(14,21)17(23)25-4-2)20(15,22)18(24)27-12-13-8-6-5-7-9-13/h3,5-9,14-16H,1,4,10-12,22H2,2H3/t14-,15-,16+,19-,20+/m1/s1. The fourth-order valence-corrected chi connectivity index (χ4v) is 4.06. The molecule has 0 saturated heterocycles. The van der Waals surface area contributed by atoms with E-state index in [0.29, 0.717) is 0 Å². The second kappa shape index (κ2) is 7.40. The van der Waals surface area contributed by atoms with Crippen LogP contribution >= 0.6 is 0 Å². The van der Waals surface area contributed by atoms with Crippen molar-refractivity contribution in [1.29, 1.82) is 0 Å². The highest BCUT2D eigenvalue weighted by Gasteiger charge is 2.85. The Kier molecular flexibility index (Phi) is 5.35. The smallest absolute Gasteiger partial charge is 0.344 e. The van der Waals surface area contributed by atoms with Crippen molar-refractivity contribution in [3.8, 4) is 0 Å². The molecule has 2 N–H and O–H groups in total. The molecule has 0 amide bonds. The van der Waals surface area contributed by atoms with Gasteiger partial charge in [-0.05, 0) is 18.9 Å². The second-order valence-electron chi connectivity index (χ2n) is 6.91. The summed E-state index contributed by atoms with van der Waals surface area (Å²) in [6, 6.07) is 9.08. The van der Waals surface area contributed by atoms with Crippen LogP contribution in [-0.2, 0) is 30.4 Å². The third-order valence-corrected chi connectivity index (χ3v) is 5.37. The Balaban J connectivity index is 1.79. The van der Waals surface area contributed by atoms with E-state index in [1.165, 1.54) is 6.08 Å². The van der Waals surface area contributed by atoms with Gasteiger partial charge >= 0.3 is 11.9 Å². The van der Waals surface area contributed by atoms with Crippen molar-refractivity contribution in [2.75, 3.05) is 13.2 Å². The molecule has 0 unspecified atom stereocenters. The van der Waals surface area contributed by atoms with Gasteiger partial charge in [0, 0.05) is 11.8 Å². The number of rotatable bonds is 8. The van der Waals surface area contributed by atoms with E-state index < -0.39 is 41.1 Å². The number of esters is 2. The maximum atomic E-state index is 15.3. The molecule has 27 heavy (non-hydrogen) atoms. The lowest BCUT2D eigenvalue weighted by molar-refractivity contribution is -0.163. The zero-order chi connectivity index (χ0) is 19.7. The predicted molar refractivity (Wildman–Crippen MR) is 95.2 cm³/mol. The van der Waals surface area contributed by atoms with Gasteiger partial charge in [0.1, 0.15) is 12.1 Å². The van der Waals surface area contributed by atoms with Gasteiger partial charge in [-0.1, -0.05) is 36.4 Å². The Hall–Kier alpha value is -2.25. The van der Waals surface area contributed by atoms with Gasteiger partial charge in [0.05, 0.1) is 19.3 Å². The van der Waals surface area contributed by atoms with E-state index in [2.05, 4.69) is 6.58 Å². The van der Waals surface area contributed by atoms with E-state index in [-0.39, 0.29) is 26.2 Å². The monoisotopic (exact) mass is 377 g/mol. The van der Waals surface area contributed by atoms with Crippen molar-refractivity contribution in [2.45, 2.75) is 37.3 Å². The summed E-state index contributed by atoms with van der Waals surface area (Å²) in [5.41, 5.74) is 3.11. The van der Waals surface area contributed by atoms with Crippen molar-refractivity contribution in [2.24, 2.45) is 17.6 Å². The van der Waals surface area contributed by atoms with Crippen LogP contribution in [0.15, 0.2) is 43.0 Å². The molecule has 1 aromatic rings. The maximum absolute atomic E-state index is 15.3. The van der Waals surface area contributed by atoms with E-state index in [1.54, 1.807) is 19.1 Å². The molecule has 146 valence electrons. The molecule has 2 aliphatic rings. The van der Waals surface area contributed by atoms with Crippen LogP contribution in [0.3, 0.4) is 0 Å². The maximum Gasteiger partial charge on any atom is 0.344 e. The Morgan fingerprint density at radius 2 is 2.00 bits per heavy atom. The number of halogens is 1. The molecule has 6 nitrogen and oxygen atoms in total. The molecule has 2 saturated carbocycles. The number of fused-ring (bicyclic) bond motifs is 1. The Bertz CT molecular complexity index is 726. The molecular weight excluding hydrogens is 353 g/mol. The van der Waals surface area contributed by atoms with E-state index in [1.807, 2.05) is 18.2 Å². The fraction of sp³-hybridized carbons (Fsp3) is 0.500. The molecule has 0 radical (unpaired) electrons. The summed E-state index contributed by atoms with van der Waals surface area (Å²) in [7, 11) is 0. The van der Waals surface area contributed by atoms with Crippen molar-refractivity contribution in [1.82, 2.24) is 0 Å². The minimum absolute atomic E-state index is 0.00286. The fourth-order valence-electron chi connectivity index (χ4n) is 4.06. The first-order valence-corrected chi connectivity index (χ1v) is 8.99. The molecule has 5 atom stereocenters. The minimum atomic E-state index is -2.27. The number of carbonyl (C=O) groups is 2. The highest BCUT2D eigenvalue weighted by Crippen LogP contribution is 2.67. The molecule has 2 fully saturated rings. The molecule has 3 rings (SSSR count). The Morgan fingerprint density at radius 1 is 1.30 bits per heavy atom. The quantitative estimate of drug-likeness (QED) is 0.550. The topological polar surface area (TPSA) is 87.9 Å². The molecule has 0 aromatic heterocycles. The van der Waals surface area contributed by atoms with E-state index >= 15 is 4.39 Å². The zero-order valence-corrected chi connectivity index (χ0v) is 15.2. The number of benzene rings is 1. The van der Waals surface area contributed by atoms with Gasteiger partial charge in [-0.3, -0.25) is 0 Å². The van der Waals surface area contributed by atoms with Crippen LogP contribution in [0.1, 0.15) is 18.9 Å². The summed E-state index contributed by atoms with van der Waals surface area (Å²) in [5.74, 6) is -3.51. The van der Waals surface area contributed by atoms with Gasteiger partial charge in [-0.15, -0.1) is 6.58 Å². The number of alkyl halides is 1. The van der Waals surface area contributed by atoms with Crippen LogP contribution < -0.4 is 5.73 Å². The van der Waals surface area contributed by atoms with Gasteiger partial charge in [-0.2, -0.15) is 0 Å². The predicted octanol–water partition coefficient (Wildman–Crippen LogP) is 1.92. The van der Waals surface area contributed by atoms with Gasteiger partial charge in [-0.25, -0.2) is 14.0 Å². The highest BCUT2D eigenvalue weighted by molar-refractivity contribution is 5.92. The average Bonchev–Trinajstić information content (AvgIpc) is 3.15. The number of carbonyl (C=O) groups excluding carboxylic acids is 2. The molecule has 0 bridgehead atoms. The summed E-state index contributed by atoms with van der Waals surface area (Å²) < 4.78 is 31.1. The average molecular weight is 377 g/mol. The Morgan fingerprint density at radius 3 is 2.63 bits per heavy atom. The third kappa shape index (κ3) is 3.15. The Labute approximate surface area is 157 Å². The molecule has 2 aliphatic carbocycles. The van der Waals surface area contributed by atoms with E-state index in [0.717, 1.165) is 5.56 Å². The molecule has 7 heteroatoms. The van der Waals surface area contributed by atoms with Crippen molar-refractivity contribution in [3.63, 3.8) is 0 Å². The van der Waals surface area contributed by atoms with Crippen LogP contribution in [0.25, 0.3) is 0 Å². The first kappa shape index (κ1) is 19.5. The highest BCUT2D eigenvalue weighted by atomic mass is 19.1. The van der Waals surface area contributed by atoms with Crippen LogP contribution in [0.4, 0.5) is 4.39 Å². The van der Waals surface area contributed by atoms with Crippen molar-refractivity contribution < 1.29 is 28.2 Å². The van der Waals surface area contributed by atoms with Gasteiger partial charge in [0.2, 0.25) is 5.67 Å². The second-order valence-corrected chi connectivity index (χ2v) is 6.91. The largest absolute Gasteiger partial charge is 0.464 e. The number of hydrogen-bond donors (Lipinski definition) is 1. The number of nitrogens with two attached hydrogens (primary N) is 1. The van der Waals surface area contributed by atoms with Crippen LogP contribution in [0.5, 0.6) is 0 Å². The molecule has 0 aliphatic heterocycles. The van der Waals surface area contributed by atoms with Crippen LogP contribution in [-0.4, -0.2) is 42.5 Å². The van der Waals surface area contributed by atoms with Gasteiger partial charge < -0.3 is 19.9 Å². The van der Waals surface area contributed by atoms with E-state index in [4.69, 9.17) is 19.9 Å². The van der Waals surface area contributed by atoms with Gasteiger partial charge in [0.15, 0.2) is 0 Å². The van der Waals surface area contributed by atoms with E-state index in [9.17, 15) is 9.59 Å². The molecule has 1 aromatic carbocycles. The number of ether oxygens (including phenoxy) is 3. The summed E-state index contributed by atoms with van der Waals surface area (Å²) in [4.78, 5) is 24.9. The molecule has 0 heterocycles. The normalized spacial score (nSPS) is 33.8. The summed E-state index contributed by atoms with van der Waals surface area (Å²) >= 11 is 0. The van der Waals surface area contributed by atoms with Crippen LogP contribution in [0, 0.1) is 11.8 Å². The number of hydrogen-bond acceptors (Lipinski definition) is 6.